The summed E-state index contributed by atoms with van der Waals surface area (Å²) in [7, 11) is 1.74. The molecule has 27 heavy (non-hydrogen) atoms. The van der Waals surface area contributed by atoms with Gasteiger partial charge in [0.15, 0.2) is 11.8 Å². The lowest BCUT2D eigenvalue weighted by Gasteiger charge is -2.09. The first-order chi connectivity index (χ1) is 13.2. The second-order valence-corrected chi connectivity index (χ2v) is 7.10. The second-order valence-electron chi connectivity index (χ2n) is 6.15. The SMILES string of the molecule is CN=C(NCCc1noc(-c2ccccn2)n1)NCc1nc(C(C)C)cs1. The third kappa shape index (κ3) is 5.33. The van der Waals surface area contributed by atoms with Gasteiger partial charge < -0.3 is 15.2 Å². The Morgan fingerprint density at radius 3 is 2.85 bits per heavy atom. The molecule has 142 valence electrons. The van der Waals surface area contributed by atoms with Crippen molar-refractivity contribution in [1.29, 1.82) is 0 Å². The first-order valence-corrected chi connectivity index (χ1v) is 9.66. The van der Waals surface area contributed by atoms with Crippen LogP contribution in [0.25, 0.3) is 11.6 Å². The smallest absolute Gasteiger partial charge is 0.276 e. The van der Waals surface area contributed by atoms with Gasteiger partial charge in [0.1, 0.15) is 10.7 Å². The fraction of sp³-hybridized carbons (Fsp3) is 0.389. The van der Waals surface area contributed by atoms with Crippen molar-refractivity contribution >= 4 is 17.3 Å². The van der Waals surface area contributed by atoms with Crippen molar-refractivity contribution in [2.75, 3.05) is 13.6 Å². The Balaban J connectivity index is 1.45. The number of guanidine groups is 1. The number of aliphatic imine (C=N–C) groups is 1. The van der Waals surface area contributed by atoms with Crippen molar-refractivity contribution in [2.24, 2.45) is 4.99 Å². The lowest BCUT2D eigenvalue weighted by atomic mass is 10.2. The van der Waals surface area contributed by atoms with Gasteiger partial charge in [-0.1, -0.05) is 25.1 Å². The van der Waals surface area contributed by atoms with E-state index in [9.17, 15) is 0 Å². The van der Waals surface area contributed by atoms with Gasteiger partial charge in [-0.05, 0) is 18.1 Å². The molecular formula is C18H23N7OS. The van der Waals surface area contributed by atoms with E-state index in [1.54, 1.807) is 24.6 Å². The zero-order chi connectivity index (χ0) is 19.1. The van der Waals surface area contributed by atoms with Crippen LogP contribution in [0.1, 0.15) is 36.3 Å². The van der Waals surface area contributed by atoms with Gasteiger partial charge in [0.25, 0.3) is 5.89 Å². The third-order valence-corrected chi connectivity index (χ3v) is 4.65. The molecule has 9 heteroatoms. The minimum Gasteiger partial charge on any atom is -0.356 e. The minimum atomic E-state index is 0.429. The van der Waals surface area contributed by atoms with Gasteiger partial charge in [-0.3, -0.25) is 9.98 Å². The molecule has 0 atom stereocenters. The molecule has 0 saturated carbocycles. The number of nitrogens with one attached hydrogen (secondary N) is 2. The highest BCUT2D eigenvalue weighted by Gasteiger charge is 2.10. The second kappa shape index (κ2) is 9.22. The fourth-order valence-electron chi connectivity index (χ4n) is 2.29. The summed E-state index contributed by atoms with van der Waals surface area (Å²) in [4.78, 5) is 17.4. The van der Waals surface area contributed by atoms with E-state index in [0.717, 1.165) is 10.7 Å². The summed E-state index contributed by atoms with van der Waals surface area (Å²) in [6.07, 6.45) is 2.31. The average molecular weight is 385 g/mol. The molecule has 0 fully saturated rings. The number of pyridine rings is 1. The van der Waals surface area contributed by atoms with E-state index in [2.05, 4.69) is 55.0 Å². The molecule has 0 unspecified atom stereocenters. The number of nitrogens with zero attached hydrogens (tertiary/aromatic N) is 5. The summed E-state index contributed by atoms with van der Waals surface area (Å²) in [5.41, 5.74) is 1.80. The van der Waals surface area contributed by atoms with Gasteiger partial charge in [0.2, 0.25) is 0 Å². The predicted octanol–water partition coefficient (Wildman–Crippen LogP) is 2.62. The van der Waals surface area contributed by atoms with Crippen molar-refractivity contribution in [2.45, 2.75) is 32.7 Å². The number of hydrogen-bond acceptors (Lipinski definition) is 7. The molecule has 0 radical (unpaired) electrons. The first kappa shape index (κ1) is 19.0. The van der Waals surface area contributed by atoms with Gasteiger partial charge in [0.05, 0.1) is 12.2 Å². The fourth-order valence-corrected chi connectivity index (χ4v) is 3.19. The third-order valence-electron chi connectivity index (χ3n) is 3.78. The highest BCUT2D eigenvalue weighted by molar-refractivity contribution is 7.09. The summed E-state index contributed by atoms with van der Waals surface area (Å²) in [5, 5.41) is 13.7. The molecule has 0 bridgehead atoms. The van der Waals surface area contributed by atoms with Gasteiger partial charge in [0, 0.05) is 31.6 Å². The first-order valence-electron chi connectivity index (χ1n) is 8.78. The van der Waals surface area contributed by atoms with E-state index in [1.807, 2.05) is 18.2 Å². The normalized spacial score (nSPS) is 11.8. The molecule has 8 nitrogen and oxygen atoms in total. The monoisotopic (exact) mass is 385 g/mol. The lowest BCUT2D eigenvalue weighted by molar-refractivity contribution is 0.421. The molecule has 0 aliphatic rings. The maximum Gasteiger partial charge on any atom is 0.276 e. The Morgan fingerprint density at radius 1 is 1.26 bits per heavy atom. The van der Waals surface area contributed by atoms with Crippen molar-refractivity contribution < 1.29 is 4.52 Å². The van der Waals surface area contributed by atoms with Crippen molar-refractivity contribution in [3.05, 3.63) is 46.3 Å². The summed E-state index contributed by atoms with van der Waals surface area (Å²) in [5.74, 6) is 2.21. The Hall–Kier alpha value is -2.81. The van der Waals surface area contributed by atoms with E-state index >= 15 is 0 Å². The van der Waals surface area contributed by atoms with Crippen LogP contribution in [-0.4, -0.2) is 39.7 Å². The Morgan fingerprint density at radius 2 is 2.15 bits per heavy atom. The van der Waals surface area contributed by atoms with Crippen LogP contribution < -0.4 is 10.6 Å². The Bertz CT molecular complexity index is 873. The molecule has 3 heterocycles. The van der Waals surface area contributed by atoms with Crippen molar-refractivity contribution in [1.82, 2.24) is 30.7 Å². The maximum atomic E-state index is 5.26. The molecule has 0 amide bonds. The van der Waals surface area contributed by atoms with E-state index in [0.29, 0.717) is 48.8 Å². The predicted molar refractivity (Wildman–Crippen MR) is 106 cm³/mol. The van der Waals surface area contributed by atoms with E-state index < -0.39 is 0 Å². The largest absolute Gasteiger partial charge is 0.356 e. The molecule has 0 aliphatic carbocycles. The molecule has 0 spiro atoms. The number of hydrogen-bond donors (Lipinski definition) is 2. The molecule has 0 aromatic carbocycles. The van der Waals surface area contributed by atoms with Crippen LogP contribution >= 0.6 is 11.3 Å². The minimum absolute atomic E-state index is 0.429. The van der Waals surface area contributed by atoms with Crippen LogP contribution in [0.15, 0.2) is 39.3 Å². The van der Waals surface area contributed by atoms with Gasteiger partial charge >= 0.3 is 0 Å². The highest BCUT2D eigenvalue weighted by Crippen LogP contribution is 2.17. The van der Waals surface area contributed by atoms with Gasteiger partial charge in [-0.25, -0.2) is 4.98 Å². The quantitative estimate of drug-likeness (QED) is 0.476. The summed E-state index contributed by atoms with van der Waals surface area (Å²) >= 11 is 1.66. The van der Waals surface area contributed by atoms with Crippen LogP contribution in [0, 0.1) is 0 Å². The topological polar surface area (TPSA) is 101 Å². The van der Waals surface area contributed by atoms with Crippen molar-refractivity contribution in [3.8, 4) is 11.6 Å². The standard InChI is InChI=1S/C18H23N7OS/c1-12(2)14-11-27-16(23-14)10-22-18(19-3)21-9-7-15-24-17(26-25-15)13-6-4-5-8-20-13/h4-6,8,11-12H,7,9-10H2,1-3H3,(H2,19,21,22). The van der Waals surface area contributed by atoms with Crippen LogP contribution in [0.2, 0.25) is 0 Å². The maximum absolute atomic E-state index is 5.26. The summed E-state index contributed by atoms with van der Waals surface area (Å²) in [6.45, 7) is 5.56. The van der Waals surface area contributed by atoms with Crippen LogP contribution in [0.5, 0.6) is 0 Å². The summed E-state index contributed by atoms with van der Waals surface area (Å²) in [6, 6.07) is 5.57. The summed E-state index contributed by atoms with van der Waals surface area (Å²) < 4.78 is 5.26. The van der Waals surface area contributed by atoms with Gasteiger partial charge in [-0.2, -0.15) is 4.98 Å². The van der Waals surface area contributed by atoms with E-state index in [1.165, 1.54) is 0 Å². The molecule has 3 rings (SSSR count). The number of rotatable bonds is 7. The van der Waals surface area contributed by atoms with Gasteiger partial charge in [-0.15, -0.1) is 11.3 Å². The molecule has 0 aliphatic heterocycles. The zero-order valence-corrected chi connectivity index (χ0v) is 16.5. The zero-order valence-electron chi connectivity index (χ0n) is 15.6. The van der Waals surface area contributed by atoms with E-state index in [-0.39, 0.29) is 0 Å². The van der Waals surface area contributed by atoms with E-state index in [4.69, 9.17) is 4.52 Å². The Labute approximate surface area is 162 Å². The number of thiazole rings is 1. The van der Waals surface area contributed by atoms with Crippen LogP contribution in [0.4, 0.5) is 0 Å². The van der Waals surface area contributed by atoms with Crippen molar-refractivity contribution in [3.63, 3.8) is 0 Å². The van der Waals surface area contributed by atoms with Crippen LogP contribution in [-0.2, 0) is 13.0 Å². The number of aromatic nitrogens is 4. The van der Waals surface area contributed by atoms with Crippen LogP contribution in [0.3, 0.4) is 0 Å². The molecule has 0 saturated heterocycles. The molecule has 3 aromatic heterocycles. The molecule has 3 aromatic rings. The highest BCUT2D eigenvalue weighted by atomic mass is 32.1. The lowest BCUT2D eigenvalue weighted by Crippen LogP contribution is -2.37. The average Bonchev–Trinajstić information content (AvgIpc) is 3.35. The Kier molecular flexibility index (Phi) is 6.48. The molecule has 2 N–H and O–H groups in total. The molecular weight excluding hydrogens is 362 g/mol.